The predicted octanol–water partition coefficient (Wildman–Crippen LogP) is 3.83. The molecule has 9 nitrogen and oxygen atoms in total. The van der Waals surface area contributed by atoms with Crippen molar-refractivity contribution in [1.29, 1.82) is 0 Å². The largest absolute Gasteiger partial charge is 0.493 e. The SMILES string of the molecule is COc1cc(C(=O)C(=O)N2CCCC2c2nnc(COCc3ccccc3)s2)cc(OC)c1OC. The zero-order chi connectivity index (χ0) is 24.8. The van der Waals surface area contributed by atoms with E-state index in [2.05, 4.69) is 10.2 Å². The highest BCUT2D eigenvalue weighted by molar-refractivity contribution is 7.11. The molecule has 1 amide bonds. The number of aromatic nitrogens is 2. The highest BCUT2D eigenvalue weighted by Gasteiger charge is 2.36. The van der Waals surface area contributed by atoms with E-state index in [1.807, 2.05) is 30.3 Å². The summed E-state index contributed by atoms with van der Waals surface area (Å²) in [6.07, 6.45) is 1.49. The summed E-state index contributed by atoms with van der Waals surface area (Å²) in [6.45, 7) is 1.28. The first-order valence-electron chi connectivity index (χ1n) is 11.1. The number of benzene rings is 2. The van der Waals surface area contributed by atoms with Gasteiger partial charge in [-0.3, -0.25) is 9.59 Å². The molecule has 1 atom stereocenters. The number of amides is 1. The Kier molecular flexibility index (Phi) is 7.94. The summed E-state index contributed by atoms with van der Waals surface area (Å²) in [6, 6.07) is 12.6. The standard InChI is InChI=1S/C25H27N3O6S/c1-31-19-12-17(13-20(32-2)23(19)33-3)22(29)25(30)28-11-7-10-18(28)24-27-26-21(35-24)15-34-14-16-8-5-4-6-9-16/h4-6,8-9,12-13,18H,7,10-11,14-15H2,1-3H3. The Balaban J connectivity index is 1.45. The van der Waals surface area contributed by atoms with E-state index in [0.29, 0.717) is 48.4 Å². The number of hydrogen-bond acceptors (Lipinski definition) is 9. The lowest BCUT2D eigenvalue weighted by molar-refractivity contribution is -0.127. The topological polar surface area (TPSA) is 100 Å². The van der Waals surface area contributed by atoms with Crippen LogP contribution in [0.2, 0.25) is 0 Å². The molecule has 10 heteroatoms. The van der Waals surface area contributed by atoms with Crippen LogP contribution in [0.4, 0.5) is 0 Å². The number of ketones is 1. The zero-order valence-electron chi connectivity index (χ0n) is 19.9. The van der Waals surface area contributed by atoms with Gasteiger partial charge in [0.1, 0.15) is 16.6 Å². The summed E-state index contributed by atoms with van der Waals surface area (Å²) in [5.41, 5.74) is 1.25. The molecular weight excluding hydrogens is 470 g/mol. The summed E-state index contributed by atoms with van der Waals surface area (Å²) in [7, 11) is 4.39. The van der Waals surface area contributed by atoms with E-state index in [1.165, 1.54) is 44.8 Å². The van der Waals surface area contributed by atoms with Crippen LogP contribution in [0.1, 0.15) is 44.8 Å². The summed E-state index contributed by atoms with van der Waals surface area (Å²) in [5.74, 6) is -0.268. The fourth-order valence-electron chi connectivity index (χ4n) is 4.02. The Morgan fingerprint density at radius 2 is 1.71 bits per heavy atom. The molecule has 1 fully saturated rings. The molecule has 1 aliphatic rings. The molecular formula is C25H27N3O6S. The van der Waals surface area contributed by atoms with Crippen LogP contribution >= 0.6 is 11.3 Å². The number of carbonyl (C=O) groups is 2. The van der Waals surface area contributed by atoms with Crippen LogP contribution in [0.15, 0.2) is 42.5 Å². The number of methoxy groups -OCH3 is 3. The van der Waals surface area contributed by atoms with Crippen molar-refractivity contribution >= 4 is 23.0 Å². The van der Waals surface area contributed by atoms with Crippen LogP contribution in [0.5, 0.6) is 17.2 Å². The van der Waals surface area contributed by atoms with E-state index in [-0.39, 0.29) is 11.6 Å². The minimum Gasteiger partial charge on any atom is -0.493 e. The third-order valence-corrected chi connectivity index (χ3v) is 6.74. The van der Waals surface area contributed by atoms with Gasteiger partial charge >= 0.3 is 0 Å². The lowest BCUT2D eigenvalue weighted by Gasteiger charge is -2.22. The molecule has 1 aliphatic heterocycles. The van der Waals surface area contributed by atoms with Crippen LogP contribution in [0.3, 0.4) is 0 Å². The molecule has 1 unspecified atom stereocenters. The maximum absolute atomic E-state index is 13.2. The van der Waals surface area contributed by atoms with Crippen molar-refractivity contribution in [2.24, 2.45) is 0 Å². The van der Waals surface area contributed by atoms with Gasteiger partial charge in [-0.2, -0.15) is 0 Å². The number of ether oxygens (including phenoxy) is 4. The molecule has 2 heterocycles. The lowest BCUT2D eigenvalue weighted by Crippen LogP contribution is -2.36. The van der Waals surface area contributed by atoms with Gasteiger partial charge in [-0.25, -0.2) is 0 Å². The third kappa shape index (κ3) is 5.44. The summed E-state index contributed by atoms with van der Waals surface area (Å²) in [5, 5.41) is 9.95. The van der Waals surface area contributed by atoms with Crippen LogP contribution in [0.25, 0.3) is 0 Å². The number of Topliss-reactive ketones (excluding diaryl/α,β-unsaturated/α-hetero) is 1. The van der Waals surface area contributed by atoms with Crippen molar-refractivity contribution in [3.05, 3.63) is 63.6 Å². The first kappa shape index (κ1) is 24.6. The van der Waals surface area contributed by atoms with E-state index < -0.39 is 11.7 Å². The number of likely N-dealkylation sites (tertiary alicyclic amines) is 1. The van der Waals surface area contributed by atoms with E-state index in [4.69, 9.17) is 18.9 Å². The fourth-order valence-corrected chi connectivity index (χ4v) is 4.95. The molecule has 1 aromatic heterocycles. The maximum atomic E-state index is 13.2. The number of carbonyl (C=O) groups excluding carboxylic acids is 2. The smallest absolute Gasteiger partial charge is 0.295 e. The second kappa shape index (κ2) is 11.3. The third-order valence-electron chi connectivity index (χ3n) is 5.74. The van der Waals surface area contributed by atoms with Crippen LogP contribution in [0, 0.1) is 0 Å². The van der Waals surface area contributed by atoms with Gasteiger partial charge in [-0.05, 0) is 30.5 Å². The number of nitrogens with zero attached hydrogens (tertiary/aromatic N) is 3. The normalized spacial score (nSPS) is 15.2. The average molecular weight is 498 g/mol. The Labute approximate surface area is 207 Å². The first-order valence-corrected chi connectivity index (χ1v) is 12.0. The molecule has 0 spiro atoms. The van der Waals surface area contributed by atoms with E-state index in [1.54, 1.807) is 4.90 Å². The molecule has 4 rings (SSSR count). The minimum atomic E-state index is -0.646. The monoisotopic (exact) mass is 497 g/mol. The van der Waals surface area contributed by atoms with Gasteiger partial charge in [0, 0.05) is 12.1 Å². The molecule has 184 valence electrons. The fraction of sp³-hybridized carbons (Fsp3) is 0.360. The highest BCUT2D eigenvalue weighted by atomic mass is 32.1. The van der Waals surface area contributed by atoms with Crippen molar-refractivity contribution in [2.75, 3.05) is 27.9 Å². The average Bonchev–Trinajstić information content (AvgIpc) is 3.57. The van der Waals surface area contributed by atoms with Crippen molar-refractivity contribution in [3.63, 3.8) is 0 Å². The quantitative estimate of drug-likeness (QED) is 0.308. The highest BCUT2D eigenvalue weighted by Crippen LogP contribution is 2.39. The molecule has 1 saturated heterocycles. The van der Waals surface area contributed by atoms with Gasteiger partial charge in [0.2, 0.25) is 5.75 Å². The van der Waals surface area contributed by atoms with Gasteiger partial charge in [0.25, 0.3) is 11.7 Å². The van der Waals surface area contributed by atoms with E-state index in [9.17, 15) is 9.59 Å². The molecule has 0 N–H and O–H groups in total. The van der Waals surface area contributed by atoms with Gasteiger partial charge < -0.3 is 23.8 Å². The molecule has 0 aliphatic carbocycles. The Bertz CT molecular complexity index is 1160. The molecule has 35 heavy (non-hydrogen) atoms. The van der Waals surface area contributed by atoms with Crippen molar-refractivity contribution < 1.29 is 28.5 Å². The summed E-state index contributed by atoms with van der Waals surface area (Å²) in [4.78, 5) is 27.9. The number of hydrogen-bond donors (Lipinski definition) is 0. The van der Waals surface area contributed by atoms with Gasteiger partial charge in [0.05, 0.1) is 34.0 Å². The van der Waals surface area contributed by atoms with Gasteiger partial charge in [-0.1, -0.05) is 41.7 Å². The second-order valence-corrected chi connectivity index (χ2v) is 9.01. The minimum absolute atomic E-state index is 0.169. The van der Waals surface area contributed by atoms with E-state index >= 15 is 0 Å². The number of rotatable bonds is 10. The predicted molar refractivity (Wildman–Crippen MR) is 129 cm³/mol. The van der Waals surface area contributed by atoms with Crippen LogP contribution < -0.4 is 14.2 Å². The molecule has 2 aromatic carbocycles. The Morgan fingerprint density at radius 1 is 1.00 bits per heavy atom. The molecule has 0 radical (unpaired) electrons. The lowest BCUT2D eigenvalue weighted by atomic mass is 10.1. The second-order valence-electron chi connectivity index (χ2n) is 7.91. The Hall–Kier alpha value is -3.50. The van der Waals surface area contributed by atoms with Crippen LogP contribution in [-0.4, -0.2) is 54.7 Å². The summed E-state index contributed by atoms with van der Waals surface area (Å²) >= 11 is 1.40. The van der Waals surface area contributed by atoms with E-state index in [0.717, 1.165) is 17.0 Å². The van der Waals surface area contributed by atoms with Crippen molar-refractivity contribution in [1.82, 2.24) is 15.1 Å². The molecule has 0 bridgehead atoms. The van der Waals surface area contributed by atoms with Crippen molar-refractivity contribution in [3.8, 4) is 17.2 Å². The zero-order valence-corrected chi connectivity index (χ0v) is 20.7. The molecule has 0 saturated carbocycles. The van der Waals surface area contributed by atoms with Gasteiger partial charge in [0.15, 0.2) is 11.5 Å². The van der Waals surface area contributed by atoms with Gasteiger partial charge in [-0.15, -0.1) is 10.2 Å². The summed E-state index contributed by atoms with van der Waals surface area (Å²) < 4.78 is 21.7. The van der Waals surface area contributed by atoms with Crippen LogP contribution in [-0.2, 0) is 22.7 Å². The first-order chi connectivity index (χ1) is 17.0. The Morgan fingerprint density at radius 3 is 2.37 bits per heavy atom. The van der Waals surface area contributed by atoms with Crippen molar-refractivity contribution in [2.45, 2.75) is 32.1 Å². The maximum Gasteiger partial charge on any atom is 0.295 e. The molecule has 3 aromatic rings.